The fourth-order valence-electron chi connectivity index (χ4n) is 1.26. The standard InChI is InChI=1S/C7H13F/c1-2-4-7(8)5-3-6-7/h2-6H2,1H3. The highest BCUT2D eigenvalue weighted by Crippen LogP contribution is 2.39. The first-order chi connectivity index (χ1) is 3.77. The lowest BCUT2D eigenvalue weighted by atomic mass is 9.79. The van der Waals surface area contributed by atoms with Gasteiger partial charge in [-0.15, -0.1) is 0 Å². The summed E-state index contributed by atoms with van der Waals surface area (Å²) in [5.74, 6) is 0. The van der Waals surface area contributed by atoms with Crippen LogP contribution in [0.2, 0.25) is 0 Å². The van der Waals surface area contributed by atoms with Gasteiger partial charge in [-0.1, -0.05) is 13.3 Å². The van der Waals surface area contributed by atoms with Gasteiger partial charge in [0, 0.05) is 0 Å². The van der Waals surface area contributed by atoms with E-state index in [1.165, 1.54) is 0 Å². The highest BCUT2D eigenvalue weighted by Gasteiger charge is 2.35. The van der Waals surface area contributed by atoms with Gasteiger partial charge in [-0.3, -0.25) is 0 Å². The molecule has 1 heteroatoms. The summed E-state index contributed by atoms with van der Waals surface area (Å²) in [4.78, 5) is 0. The minimum absolute atomic E-state index is 0.727. The molecule has 0 aromatic rings. The molecule has 0 radical (unpaired) electrons. The van der Waals surface area contributed by atoms with Crippen LogP contribution in [0.15, 0.2) is 0 Å². The van der Waals surface area contributed by atoms with Gasteiger partial charge in [-0.05, 0) is 25.7 Å². The van der Waals surface area contributed by atoms with Crippen molar-refractivity contribution in [2.24, 2.45) is 0 Å². The van der Waals surface area contributed by atoms with Gasteiger partial charge in [0.25, 0.3) is 0 Å². The molecule has 1 aliphatic carbocycles. The third-order valence-corrected chi connectivity index (χ3v) is 1.95. The molecule has 0 bridgehead atoms. The van der Waals surface area contributed by atoms with Gasteiger partial charge in [0.05, 0.1) is 0 Å². The predicted molar refractivity (Wildman–Crippen MR) is 32.6 cm³/mol. The van der Waals surface area contributed by atoms with Crippen LogP contribution in [0.1, 0.15) is 39.0 Å². The van der Waals surface area contributed by atoms with Crippen LogP contribution in [-0.4, -0.2) is 5.67 Å². The Labute approximate surface area is 50.1 Å². The number of alkyl halides is 1. The van der Waals surface area contributed by atoms with Gasteiger partial charge in [0.1, 0.15) is 5.67 Å². The van der Waals surface area contributed by atoms with Crippen LogP contribution < -0.4 is 0 Å². The zero-order valence-electron chi connectivity index (χ0n) is 5.41. The molecule has 1 fully saturated rings. The first-order valence-corrected chi connectivity index (χ1v) is 3.46. The van der Waals surface area contributed by atoms with Crippen molar-refractivity contribution < 1.29 is 4.39 Å². The van der Waals surface area contributed by atoms with Crippen LogP contribution in [0, 0.1) is 0 Å². The molecule has 0 aromatic heterocycles. The van der Waals surface area contributed by atoms with Crippen molar-refractivity contribution in [1.29, 1.82) is 0 Å². The summed E-state index contributed by atoms with van der Waals surface area (Å²) in [6, 6.07) is 0. The Kier molecular flexibility index (Phi) is 1.54. The van der Waals surface area contributed by atoms with Crippen molar-refractivity contribution in [2.45, 2.75) is 44.7 Å². The normalized spacial score (nSPS) is 24.8. The van der Waals surface area contributed by atoms with Crippen LogP contribution in [0.25, 0.3) is 0 Å². The smallest absolute Gasteiger partial charge is 0.111 e. The van der Waals surface area contributed by atoms with E-state index in [0.717, 1.165) is 32.1 Å². The summed E-state index contributed by atoms with van der Waals surface area (Å²) in [7, 11) is 0. The second-order valence-electron chi connectivity index (χ2n) is 2.75. The van der Waals surface area contributed by atoms with E-state index in [9.17, 15) is 4.39 Å². The van der Waals surface area contributed by atoms with Crippen molar-refractivity contribution >= 4 is 0 Å². The molecule has 0 nitrogen and oxygen atoms in total. The Morgan fingerprint density at radius 2 is 2.12 bits per heavy atom. The molecule has 0 atom stereocenters. The van der Waals surface area contributed by atoms with Crippen molar-refractivity contribution in [3.63, 3.8) is 0 Å². The fraction of sp³-hybridized carbons (Fsp3) is 1.00. The number of halogens is 1. The lowest BCUT2D eigenvalue weighted by Gasteiger charge is -2.33. The fourth-order valence-corrected chi connectivity index (χ4v) is 1.26. The van der Waals surface area contributed by atoms with E-state index in [2.05, 4.69) is 0 Å². The largest absolute Gasteiger partial charge is 0.244 e. The zero-order valence-corrected chi connectivity index (χ0v) is 5.41. The van der Waals surface area contributed by atoms with Crippen LogP contribution >= 0.6 is 0 Å². The van der Waals surface area contributed by atoms with Gasteiger partial charge in [0.2, 0.25) is 0 Å². The lowest BCUT2D eigenvalue weighted by Crippen LogP contribution is -2.30. The van der Waals surface area contributed by atoms with Crippen molar-refractivity contribution in [3.05, 3.63) is 0 Å². The van der Waals surface area contributed by atoms with E-state index in [4.69, 9.17) is 0 Å². The first-order valence-electron chi connectivity index (χ1n) is 3.46. The molecule has 0 N–H and O–H groups in total. The second kappa shape index (κ2) is 2.04. The third kappa shape index (κ3) is 1.01. The van der Waals surface area contributed by atoms with E-state index in [1.54, 1.807) is 0 Å². The van der Waals surface area contributed by atoms with E-state index in [1.807, 2.05) is 6.92 Å². The Hall–Kier alpha value is -0.0700. The Morgan fingerprint density at radius 3 is 2.25 bits per heavy atom. The predicted octanol–water partition coefficient (Wildman–Crippen LogP) is 2.68. The molecule has 0 unspecified atom stereocenters. The summed E-state index contributed by atoms with van der Waals surface area (Å²) in [5, 5.41) is 0. The molecule has 8 heavy (non-hydrogen) atoms. The van der Waals surface area contributed by atoms with Gasteiger partial charge < -0.3 is 0 Å². The highest BCUT2D eigenvalue weighted by molar-refractivity contribution is 4.87. The minimum Gasteiger partial charge on any atom is -0.244 e. The summed E-state index contributed by atoms with van der Waals surface area (Å²) >= 11 is 0. The van der Waals surface area contributed by atoms with E-state index in [0.29, 0.717) is 0 Å². The number of rotatable bonds is 2. The molecule has 1 rings (SSSR count). The molecule has 48 valence electrons. The molecule has 0 saturated heterocycles. The molecular weight excluding hydrogens is 103 g/mol. The molecular formula is C7H13F. The Morgan fingerprint density at radius 1 is 1.50 bits per heavy atom. The van der Waals surface area contributed by atoms with Crippen LogP contribution in [0.4, 0.5) is 4.39 Å². The highest BCUT2D eigenvalue weighted by atomic mass is 19.1. The van der Waals surface area contributed by atoms with Gasteiger partial charge in [-0.2, -0.15) is 0 Å². The summed E-state index contributed by atoms with van der Waals surface area (Å²) < 4.78 is 12.9. The zero-order chi connectivity index (χ0) is 6.04. The van der Waals surface area contributed by atoms with Crippen LogP contribution in [0.5, 0.6) is 0 Å². The first kappa shape index (κ1) is 6.06. The van der Waals surface area contributed by atoms with Crippen molar-refractivity contribution in [2.75, 3.05) is 0 Å². The van der Waals surface area contributed by atoms with Crippen LogP contribution in [0.3, 0.4) is 0 Å². The maximum Gasteiger partial charge on any atom is 0.111 e. The van der Waals surface area contributed by atoms with Crippen molar-refractivity contribution in [1.82, 2.24) is 0 Å². The maximum absolute atomic E-state index is 12.9. The molecule has 0 amide bonds. The number of hydrogen-bond acceptors (Lipinski definition) is 0. The Bertz CT molecular complexity index is 74.5. The topological polar surface area (TPSA) is 0 Å². The maximum atomic E-state index is 12.9. The van der Waals surface area contributed by atoms with E-state index >= 15 is 0 Å². The second-order valence-corrected chi connectivity index (χ2v) is 2.75. The summed E-state index contributed by atoms with van der Waals surface area (Å²) in [6.45, 7) is 2.04. The van der Waals surface area contributed by atoms with Gasteiger partial charge in [-0.25, -0.2) is 4.39 Å². The monoisotopic (exact) mass is 116 g/mol. The molecule has 1 saturated carbocycles. The molecule has 0 aromatic carbocycles. The average Bonchev–Trinajstić information content (AvgIpc) is 1.64. The lowest BCUT2D eigenvalue weighted by molar-refractivity contribution is 0.0532. The SMILES string of the molecule is CCCC1(F)CCC1. The van der Waals surface area contributed by atoms with Crippen LogP contribution in [-0.2, 0) is 0 Å². The summed E-state index contributed by atoms with van der Waals surface area (Å²) in [6.07, 6.45) is 4.53. The molecule has 0 heterocycles. The van der Waals surface area contributed by atoms with E-state index in [-0.39, 0.29) is 0 Å². The molecule has 1 aliphatic rings. The van der Waals surface area contributed by atoms with Gasteiger partial charge in [0.15, 0.2) is 0 Å². The third-order valence-electron chi connectivity index (χ3n) is 1.95. The molecule has 0 spiro atoms. The quantitative estimate of drug-likeness (QED) is 0.520. The average molecular weight is 116 g/mol. The minimum atomic E-state index is -0.727. The molecule has 0 aliphatic heterocycles. The van der Waals surface area contributed by atoms with Crippen molar-refractivity contribution in [3.8, 4) is 0 Å². The van der Waals surface area contributed by atoms with Gasteiger partial charge >= 0.3 is 0 Å². The number of hydrogen-bond donors (Lipinski definition) is 0. The Balaban J connectivity index is 2.20. The summed E-state index contributed by atoms with van der Waals surface area (Å²) in [5.41, 5.74) is -0.727. The van der Waals surface area contributed by atoms with E-state index < -0.39 is 5.67 Å².